The molecule has 326 valence electrons. The summed E-state index contributed by atoms with van der Waals surface area (Å²) in [6, 6.07) is 10.3. The van der Waals surface area contributed by atoms with Crippen molar-refractivity contribution in [3.8, 4) is 17.0 Å². The minimum absolute atomic E-state index is 0.0376. The first-order valence-corrected chi connectivity index (χ1v) is 23.3. The summed E-state index contributed by atoms with van der Waals surface area (Å²) in [4.78, 5) is 26.1. The number of pyridine rings is 2. The van der Waals surface area contributed by atoms with Crippen LogP contribution in [0.4, 0.5) is 8.78 Å². The van der Waals surface area contributed by atoms with Gasteiger partial charge in [0.05, 0.1) is 35.5 Å². The van der Waals surface area contributed by atoms with Gasteiger partial charge < -0.3 is 19.1 Å². The van der Waals surface area contributed by atoms with Crippen molar-refractivity contribution >= 4 is 21.9 Å². The van der Waals surface area contributed by atoms with Crippen molar-refractivity contribution in [3.63, 3.8) is 0 Å². The minimum Gasteiger partial charge on any atom is -0.478 e. The number of halogens is 2. The van der Waals surface area contributed by atoms with Crippen molar-refractivity contribution in [3.05, 3.63) is 53.2 Å². The van der Waals surface area contributed by atoms with Crippen LogP contribution in [0.3, 0.4) is 0 Å². The third kappa shape index (κ3) is 7.93. The van der Waals surface area contributed by atoms with Crippen molar-refractivity contribution in [2.75, 3.05) is 47.1 Å². The average molecular weight is 828 g/mol. The monoisotopic (exact) mass is 828 g/mol. The molecule has 5 fully saturated rings. The van der Waals surface area contributed by atoms with Crippen LogP contribution in [0.2, 0.25) is 0 Å². The van der Waals surface area contributed by atoms with Crippen molar-refractivity contribution in [1.82, 2.24) is 24.0 Å². The molecule has 4 aliphatic carbocycles. The fraction of sp³-hybridized carbons (Fsp3) is 0.694. The van der Waals surface area contributed by atoms with E-state index in [2.05, 4.69) is 62.1 Å². The molecule has 4 heterocycles. The molecule has 1 unspecified atom stereocenters. The predicted molar refractivity (Wildman–Crippen MR) is 233 cm³/mol. The van der Waals surface area contributed by atoms with Gasteiger partial charge in [0.2, 0.25) is 11.8 Å². The molecule has 1 saturated heterocycles. The number of unbranched alkanes of at least 4 members (excludes halogenated alkanes) is 2. The van der Waals surface area contributed by atoms with Gasteiger partial charge in [0, 0.05) is 75.0 Å². The molecule has 1 aromatic carbocycles. The number of alkyl halides is 2. The van der Waals surface area contributed by atoms with Crippen LogP contribution in [0.1, 0.15) is 116 Å². The Labute approximate surface area is 354 Å². The number of ether oxygens (including phenoxy) is 3. The molecule has 0 amide bonds. The molecule has 0 bridgehead atoms. The standard InChI is InChI=1S/C49H67F2N5O4/c1-47-21-22-49(50,51)30-35(47)11-12-37-39-13-15-43(48(39,2)20-17-40(37)47)59-25-7-5-6-24-55-42-32-52-41-14-9-33(34-10-16-44(53-31-34)60-26-8-23-54(3)4)29-38(41)45(42)56(46(55)57)36-18-27-58-28-19-36/h9-10,14,16,29,31-32,35-37,39-40,43H,5-8,11-13,15,17-28,30H2,1-4H3/t35-,37-,39-,40-,43-,47?,48-/m0/s1. The summed E-state index contributed by atoms with van der Waals surface area (Å²) in [6.45, 7) is 9.11. The van der Waals surface area contributed by atoms with Gasteiger partial charge in [-0.3, -0.25) is 14.1 Å². The lowest BCUT2D eigenvalue weighted by atomic mass is 9.45. The van der Waals surface area contributed by atoms with Gasteiger partial charge in [0.25, 0.3) is 0 Å². The van der Waals surface area contributed by atoms with Gasteiger partial charge in [-0.1, -0.05) is 19.9 Å². The fourth-order valence-corrected chi connectivity index (χ4v) is 13.0. The Bertz CT molecular complexity index is 2180. The van der Waals surface area contributed by atoms with Crippen molar-refractivity contribution < 1.29 is 23.0 Å². The highest BCUT2D eigenvalue weighted by Crippen LogP contribution is 2.67. The van der Waals surface area contributed by atoms with Crippen LogP contribution >= 0.6 is 0 Å². The predicted octanol–water partition coefficient (Wildman–Crippen LogP) is 10.3. The number of hydrogen-bond acceptors (Lipinski definition) is 7. The zero-order chi connectivity index (χ0) is 41.6. The topological polar surface area (TPSA) is 83.6 Å². The van der Waals surface area contributed by atoms with E-state index >= 15 is 0 Å². The van der Waals surface area contributed by atoms with E-state index < -0.39 is 5.92 Å². The summed E-state index contributed by atoms with van der Waals surface area (Å²) in [7, 11) is 4.12. The maximum absolute atomic E-state index is 14.5. The Hall–Kier alpha value is -3.41. The third-order valence-electron chi connectivity index (χ3n) is 16.3. The number of aryl methyl sites for hydroxylation is 1. The Kier molecular flexibility index (Phi) is 11.9. The maximum atomic E-state index is 14.5. The zero-order valence-electron chi connectivity index (χ0n) is 36.5. The summed E-state index contributed by atoms with van der Waals surface area (Å²) in [6.07, 6.45) is 17.0. The largest absolute Gasteiger partial charge is 0.478 e. The molecule has 0 spiro atoms. The number of nitrogens with zero attached hydrogens (tertiary/aromatic N) is 5. The molecule has 1 aliphatic heterocycles. The highest BCUT2D eigenvalue weighted by Gasteiger charge is 2.62. The van der Waals surface area contributed by atoms with E-state index in [0.717, 1.165) is 117 Å². The van der Waals surface area contributed by atoms with E-state index in [-0.39, 0.29) is 47.4 Å². The van der Waals surface area contributed by atoms with E-state index in [0.29, 0.717) is 56.4 Å². The molecule has 11 heteroatoms. The van der Waals surface area contributed by atoms with E-state index in [1.807, 2.05) is 27.6 Å². The Morgan fingerprint density at radius 2 is 1.65 bits per heavy atom. The number of benzene rings is 1. The average Bonchev–Trinajstić information content (AvgIpc) is 3.73. The van der Waals surface area contributed by atoms with Crippen LogP contribution in [0, 0.1) is 34.5 Å². The third-order valence-corrected chi connectivity index (χ3v) is 16.3. The molecule has 4 saturated carbocycles. The van der Waals surface area contributed by atoms with E-state index in [9.17, 15) is 13.6 Å². The SMILES string of the molecule is CN(C)CCCOc1ccc(-c2ccc3ncc4c(c3c2)n(C2CCOCC2)c(=O)n4CCCCCO[C@H]2CC[C@H]3[C@@H]4CC[C@H]5CC(F)(F)CCC5(C)[C@H]4CC[C@]23C)cn1. The van der Waals surface area contributed by atoms with E-state index in [4.69, 9.17) is 19.2 Å². The summed E-state index contributed by atoms with van der Waals surface area (Å²) >= 11 is 0. The smallest absolute Gasteiger partial charge is 0.329 e. The molecular formula is C49H67F2N5O4. The van der Waals surface area contributed by atoms with Gasteiger partial charge in [0.1, 0.15) is 0 Å². The first-order valence-electron chi connectivity index (χ1n) is 23.3. The molecule has 3 aromatic heterocycles. The molecule has 9 nitrogen and oxygen atoms in total. The number of imidazole rings is 1. The molecule has 60 heavy (non-hydrogen) atoms. The van der Waals surface area contributed by atoms with E-state index in [1.54, 1.807) is 0 Å². The Balaban J connectivity index is 0.853. The quantitative estimate of drug-likeness (QED) is 0.117. The summed E-state index contributed by atoms with van der Waals surface area (Å²) in [5.41, 5.74) is 5.01. The minimum atomic E-state index is -2.47. The van der Waals surface area contributed by atoms with Crippen LogP contribution in [0.5, 0.6) is 5.88 Å². The normalized spacial score (nSPS) is 30.4. The zero-order valence-corrected chi connectivity index (χ0v) is 36.5. The second-order valence-electron chi connectivity index (χ2n) is 20.0. The number of fused-ring (bicyclic) bond motifs is 8. The second kappa shape index (κ2) is 17.0. The highest BCUT2D eigenvalue weighted by molar-refractivity contribution is 6.04. The van der Waals surface area contributed by atoms with Crippen LogP contribution in [-0.4, -0.2) is 83.1 Å². The van der Waals surface area contributed by atoms with Gasteiger partial charge in [-0.15, -0.1) is 0 Å². The van der Waals surface area contributed by atoms with Crippen LogP contribution in [-0.2, 0) is 16.0 Å². The molecule has 5 aliphatic rings. The summed E-state index contributed by atoms with van der Waals surface area (Å²) in [5, 5.41) is 0.976. The van der Waals surface area contributed by atoms with E-state index in [1.165, 1.54) is 6.42 Å². The first-order chi connectivity index (χ1) is 28.9. The van der Waals surface area contributed by atoms with Gasteiger partial charge in [0.15, 0.2) is 0 Å². The number of aromatic nitrogens is 4. The molecular weight excluding hydrogens is 761 g/mol. The highest BCUT2D eigenvalue weighted by atomic mass is 19.3. The van der Waals surface area contributed by atoms with Crippen molar-refractivity contribution in [2.24, 2.45) is 34.5 Å². The van der Waals surface area contributed by atoms with Gasteiger partial charge in [-0.2, -0.15) is 0 Å². The summed E-state index contributed by atoms with van der Waals surface area (Å²) < 4.78 is 51.3. The van der Waals surface area contributed by atoms with Crippen LogP contribution < -0.4 is 10.4 Å². The number of rotatable bonds is 14. The molecule has 4 aromatic rings. The van der Waals surface area contributed by atoms with Crippen molar-refractivity contribution in [1.29, 1.82) is 0 Å². The lowest BCUT2D eigenvalue weighted by Gasteiger charge is -2.61. The summed E-state index contributed by atoms with van der Waals surface area (Å²) in [5.74, 6) is 0.192. The maximum Gasteiger partial charge on any atom is 0.329 e. The molecule has 0 N–H and O–H groups in total. The van der Waals surface area contributed by atoms with Crippen LogP contribution in [0.25, 0.3) is 33.1 Å². The number of hydrogen-bond donors (Lipinski definition) is 0. The van der Waals surface area contributed by atoms with Crippen molar-refractivity contribution in [2.45, 2.75) is 135 Å². The molecule has 9 rings (SSSR count). The second-order valence-corrected chi connectivity index (χ2v) is 20.0. The lowest BCUT2D eigenvalue weighted by Crippen LogP contribution is -2.55. The van der Waals surface area contributed by atoms with Gasteiger partial charge in [-0.05, 0) is 156 Å². The Morgan fingerprint density at radius 1 is 0.833 bits per heavy atom. The molecule has 7 atom stereocenters. The first kappa shape index (κ1) is 41.9. The van der Waals surface area contributed by atoms with Gasteiger partial charge >= 0.3 is 5.69 Å². The molecule has 0 radical (unpaired) electrons. The lowest BCUT2D eigenvalue weighted by molar-refractivity contribution is -0.169. The Morgan fingerprint density at radius 3 is 2.45 bits per heavy atom. The fourth-order valence-electron chi connectivity index (χ4n) is 13.0. The van der Waals surface area contributed by atoms with Crippen LogP contribution in [0.15, 0.2) is 47.5 Å². The van der Waals surface area contributed by atoms with Gasteiger partial charge in [-0.25, -0.2) is 18.6 Å².